The van der Waals surface area contributed by atoms with Crippen LogP contribution in [0.5, 0.6) is 0 Å². The van der Waals surface area contributed by atoms with Crippen molar-refractivity contribution in [3.63, 3.8) is 0 Å². The molecule has 186 valence electrons. The van der Waals surface area contributed by atoms with E-state index in [1.807, 2.05) is 44.2 Å². The average molecular weight is 523 g/mol. The van der Waals surface area contributed by atoms with E-state index < -0.39 is 10.0 Å². The Kier molecular flexibility index (Phi) is 7.51. The lowest BCUT2D eigenvalue weighted by Gasteiger charge is -2.11. The van der Waals surface area contributed by atoms with Crippen molar-refractivity contribution < 1.29 is 13.2 Å². The molecule has 0 aliphatic heterocycles. The van der Waals surface area contributed by atoms with Crippen molar-refractivity contribution in [2.45, 2.75) is 31.5 Å². The molecule has 0 radical (unpaired) electrons. The highest BCUT2D eigenvalue weighted by Gasteiger charge is 2.17. The molecule has 1 amide bonds. The molecule has 2 aromatic heterocycles. The SMILES string of the molecule is CC(=O)NCc1ccc(S(=O)(=O)Nc2ccc(Nc3cc(C)nc(Nc4ccc(C)cc4)n3)cc2)s1. The van der Waals surface area contributed by atoms with E-state index in [-0.39, 0.29) is 10.1 Å². The van der Waals surface area contributed by atoms with Crippen molar-refractivity contribution in [2.75, 3.05) is 15.4 Å². The van der Waals surface area contributed by atoms with Gasteiger partial charge in [0, 0.05) is 40.6 Å². The summed E-state index contributed by atoms with van der Waals surface area (Å²) in [5, 5.41) is 9.09. The number of benzene rings is 2. The second-order valence-electron chi connectivity index (χ2n) is 8.15. The van der Waals surface area contributed by atoms with Gasteiger partial charge in [0.15, 0.2) is 0 Å². The Bertz CT molecular complexity index is 1470. The van der Waals surface area contributed by atoms with Crippen molar-refractivity contribution >= 4 is 56.1 Å². The molecule has 2 aromatic carbocycles. The van der Waals surface area contributed by atoms with Gasteiger partial charge in [0.1, 0.15) is 10.0 Å². The zero-order valence-electron chi connectivity index (χ0n) is 20.0. The summed E-state index contributed by atoms with van der Waals surface area (Å²) in [5.74, 6) is 0.908. The molecular weight excluding hydrogens is 496 g/mol. The molecule has 4 aromatic rings. The largest absolute Gasteiger partial charge is 0.351 e. The molecule has 11 heteroatoms. The third kappa shape index (κ3) is 6.80. The first-order valence-electron chi connectivity index (χ1n) is 11.1. The second-order valence-corrected chi connectivity index (χ2v) is 11.2. The van der Waals surface area contributed by atoms with Crippen molar-refractivity contribution in [1.82, 2.24) is 15.3 Å². The summed E-state index contributed by atoms with van der Waals surface area (Å²) >= 11 is 1.11. The highest BCUT2D eigenvalue weighted by molar-refractivity contribution is 7.94. The van der Waals surface area contributed by atoms with E-state index in [1.165, 1.54) is 18.6 Å². The molecule has 0 fully saturated rings. The molecule has 2 heterocycles. The quantitative estimate of drug-likeness (QED) is 0.242. The van der Waals surface area contributed by atoms with Crippen molar-refractivity contribution in [2.24, 2.45) is 0 Å². The van der Waals surface area contributed by atoms with Crippen LogP contribution in [-0.4, -0.2) is 24.3 Å². The number of carbonyl (C=O) groups is 1. The number of hydrogen-bond acceptors (Lipinski definition) is 8. The molecule has 36 heavy (non-hydrogen) atoms. The van der Waals surface area contributed by atoms with Gasteiger partial charge < -0.3 is 16.0 Å². The van der Waals surface area contributed by atoms with Gasteiger partial charge in [-0.25, -0.2) is 13.4 Å². The molecule has 0 aliphatic carbocycles. The number of amides is 1. The maximum Gasteiger partial charge on any atom is 0.271 e. The molecule has 0 saturated carbocycles. The zero-order chi connectivity index (χ0) is 25.7. The summed E-state index contributed by atoms with van der Waals surface area (Å²) in [4.78, 5) is 20.8. The van der Waals surface area contributed by atoms with Crippen LogP contribution in [0.1, 0.15) is 23.1 Å². The van der Waals surface area contributed by atoms with E-state index >= 15 is 0 Å². The number of thiophene rings is 1. The zero-order valence-corrected chi connectivity index (χ0v) is 21.6. The van der Waals surface area contributed by atoms with Crippen LogP contribution in [0.3, 0.4) is 0 Å². The summed E-state index contributed by atoms with van der Waals surface area (Å²) in [6, 6.07) is 19.9. The van der Waals surface area contributed by atoms with Crippen LogP contribution in [0.15, 0.2) is 70.9 Å². The minimum atomic E-state index is -3.74. The van der Waals surface area contributed by atoms with Crippen molar-refractivity contribution in [1.29, 1.82) is 0 Å². The normalized spacial score (nSPS) is 11.1. The number of aromatic nitrogens is 2. The minimum Gasteiger partial charge on any atom is -0.351 e. The fourth-order valence-corrected chi connectivity index (χ4v) is 5.59. The van der Waals surface area contributed by atoms with Gasteiger partial charge in [-0.1, -0.05) is 17.7 Å². The summed E-state index contributed by atoms with van der Waals surface area (Å²) in [6.45, 7) is 5.62. The molecule has 0 spiro atoms. The maximum atomic E-state index is 12.7. The number of hydrogen-bond donors (Lipinski definition) is 4. The fraction of sp³-hybridized carbons (Fsp3) is 0.160. The topological polar surface area (TPSA) is 125 Å². The first kappa shape index (κ1) is 25.1. The smallest absolute Gasteiger partial charge is 0.271 e. The molecule has 0 aliphatic rings. The van der Waals surface area contributed by atoms with Gasteiger partial charge in [-0.05, 0) is 62.4 Å². The van der Waals surface area contributed by atoms with Gasteiger partial charge in [-0.2, -0.15) is 4.98 Å². The number of sulfonamides is 1. The lowest BCUT2D eigenvalue weighted by molar-refractivity contribution is -0.119. The first-order chi connectivity index (χ1) is 17.2. The van der Waals surface area contributed by atoms with Crippen LogP contribution >= 0.6 is 11.3 Å². The van der Waals surface area contributed by atoms with Gasteiger partial charge in [0.25, 0.3) is 10.0 Å². The minimum absolute atomic E-state index is 0.171. The molecule has 9 nitrogen and oxygen atoms in total. The third-order valence-corrected chi connectivity index (χ3v) is 7.94. The van der Waals surface area contributed by atoms with E-state index in [0.29, 0.717) is 24.0 Å². The van der Waals surface area contributed by atoms with Crippen LogP contribution in [0.25, 0.3) is 0 Å². The molecule has 4 N–H and O–H groups in total. The molecule has 0 bridgehead atoms. The molecule has 4 rings (SSSR count). The highest BCUT2D eigenvalue weighted by atomic mass is 32.2. The highest BCUT2D eigenvalue weighted by Crippen LogP contribution is 2.26. The number of rotatable bonds is 9. The number of anilines is 5. The number of aryl methyl sites for hydroxylation is 2. The van der Waals surface area contributed by atoms with Crippen LogP contribution in [0.2, 0.25) is 0 Å². The van der Waals surface area contributed by atoms with Crippen LogP contribution in [0.4, 0.5) is 28.8 Å². The Labute approximate surface area is 214 Å². The van der Waals surface area contributed by atoms with Crippen molar-refractivity contribution in [3.05, 3.63) is 82.9 Å². The van der Waals surface area contributed by atoms with E-state index in [9.17, 15) is 13.2 Å². The van der Waals surface area contributed by atoms with Crippen molar-refractivity contribution in [3.8, 4) is 0 Å². The third-order valence-electron chi connectivity index (χ3n) is 4.98. The Morgan fingerprint density at radius 3 is 2.19 bits per heavy atom. The monoisotopic (exact) mass is 522 g/mol. The Morgan fingerprint density at radius 2 is 1.50 bits per heavy atom. The van der Waals surface area contributed by atoms with Gasteiger partial charge in [-0.15, -0.1) is 11.3 Å². The number of carbonyl (C=O) groups excluding carboxylic acids is 1. The summed E-state index contributed by atoms with van der Waals surface area (Å²) < 4.78 is 28.3. The first-order valence-corrected chi connectivity index (χ1v) is 13.4. The van der Waals surface area contributed by atoms with Gasteiger partial charge in [-0.3, -0.25) is 9.52 Å². The summed E-state index contributed by atoms with van der Waals surface area (Å²) in [6.07, 6.45) is 0. The van der Waals surface area contributed by atoms with Gasteiger partial charge in [0.2, 0.25) is 11.9 Å². The summed E-state index contributed by atoms with van der Waals surface area (Å²) in [7, 11) is -3.74. The number of nitrogens with zero attached hydrogens (tertiary/aromatic N) is 2. The van der Waals surface area contributed by atoms with E-state index in [1.54, 1.807) is 30.3 Å². The molecule has 0 saturated heterocycles. The second kappa shape index (κ2) is 10.8. The molecular formula is C25H26N6O3S2. The Balaban J connectivity index is 1.41. The van der Waals surface area contributed by atoms with Crippen LogP contribution in [0, 0.1) is 13.8 Å². The predicted octanol–water partition coefficient (Wildman–Crippen LogP) is 5.08. The molecule has 0 atom stereocenters. The molecule has 0 unspecified atom stereocenters. The number of nitrogens with one attached hydrogen (secondary N) is 4. The average Bonchev–Trinajstić information content (AvgIpc) is 3.30. The van der Waals surface area contributed by atoms with E-state index in [2.05, 4.69) is 30.6 Å². The lowest BCUT2D eigenvalue weighted by Crippen LogP contribution is -2.18. The maximum absolute atomic E-state index is 12.7. The Morgan fingerprint density at radius 1 is 0.861 bits per heavy atom. The van der Waals surface area contributed by atoms with Crippen LogP contribution in [-0.2, 0) is 21.4 Å². The van der Waals surface area contributed by atoms with Gasteiger partial charge >= 0.3 is 0 Å². The lowest BCUT2D eigenvalue weighted by atomic mass is 10.2. The van der Waals surface area contributed by atoms with Gasteiger partial charge in [0.05, 0.1) is 6.54 Å². The standard InChI is InChI=1S/C25H26N6O3S2/c1-16-4-6-20(7-5-16)29-25-27-17(2)14-23(30-25)28-19-8-10-21(11-9-19)31-36(33,34)24-13-12-22(35-24)15-26-18(3)32/h4-14,31H,15H2,1-3H3,(H,26,32)(H2,27,28,29,30). The van der Waals surface area contributed by atoms with Crippen LogP contribution < -0.4 is 20.7 Å². The summed E-state index contributed by atoms with van der Waals surface area (Å²) in [5.41, 5.74) is 4.02. The fourth-order valence-electron chi connectivity index (χ4n) is 3.24. The Hall–Kier alpha value is -3.96. The van der Waals surface area contributed by atoms with E-state index in [4.69, 9.17) is 0 Å². The predicted molar refractivity (Wildman–Crippen MR) is 144 cm³/mol. The van der Waals surface area contributed by atoms with E-state index in [0.717, 1.165) is 33.3 Å².